The zero-order chi connectivity index (χ0) is 22.1. The van der Waals surface area contributed by atoms with Crippen molar-refractivity contribution in [1.29, 1.82) is 0 Å². The normalized spacial score (nSPS) is 15.2. The highest BCUT2D eigenvalue weighted by Gasteiger charge is 2.34. The van der Waals surface area contributed by atoms with Gasteiger partial charge in [0.1, 0.15) is 5.82 Å². The molecule has 0 aliphatic carbocycles. The molecule has 2 heterocycles. The van der Waals surface area contributed by atoms with Crippen LogP contribution in [-0.2, 0) is 4.79 Å². The van der Waals surface area contributed by atoms with Gasteiger partial charge in [0.05, 0.1) is 5.69 Å². The summed E-state index contributed by atoms with van der Waals surface area (Å²) in [6, 6.07) is 11.6. The zero-order valence-electron chi connectivity index (χ0n) is 17.8. The van der Waals surface area contributed by atoms with Crippen LogP contribution >= 0.6 is 11.8 Å². The van der Waals surface area contributed by atoms with Gasteiger partial charge in [-0.2, -0.15) is 4.98 Å². The molecule has 0 saturated heterocycles. The van der Waals surface area contributed by atoms with Crippen molar-refractivity contribution in [1.82, 2.24) is 15.2 Å². The van der Waals surface area contributed by atoms with Gasteiger partial charge in [-0.3, -0.25) is 9.69 Å². The standard InChI is InChI=1S/C23H23FN4O2S/c1-13(2)12-31-23-25-21-20(26-27-23)18-11-14(3)5-10-19(18)28(15(4)29)22(30-21)16-6-8-17(24)9-7-16/h5-11,13,22H,12H2,1-4H3/t22-/m1/s1. The smallest absolute Gasteiger partial charge is 0.247 e. The van der Waals surface area contributed by atoms with Crippen LogP contribution in [0.25, 0.3) is 11.3 Å². The maximum absolute atomic E-state index is 13.6. The first-order chi connectivity index (χ1) is 14.8. The molecule has 0 N–H and O–H groups in total. The van der Waals surface area contributed by atoms with E-state index in [4.69, 9.17) is 4.74 Å². The van der Waals surface area contributed by atoms with Crippen molar-refractivity contribution in [3.8, 4) is 17.1 Å². The highest BCUT2D eigenvalue weighted by atomic mass is 32.2. The molecule has 0 bridgehead atoms. The maximum Gasteiger partial charge on any atom is 0.247 e. The summed E-state index contributed by atoms with van der Waals surface area (Å²) in [5.41, 5.74) is 3.48. The number of hydrogen-bond donors (Lipinski definition) is 0. The Kier molecular flexibility index (Phi) is 5.91. The molecule has 1 aliphatic heterocycles. The Bertz CT molecular complexity index is 1120. The number of thioether (sulfide) groups is 1. The average molecular weight is 439 g/mol. The minimum Gasteiger partial charge on any atom is -0.447 e. The molecule has 1 atom stereocenters. The Morgan fingerprint density at radius 3 is 2.61 bits per heavy atom. The third kappa shape index (κ3) is 4.39. The van der Waals surface area contributed by atoms with Crippen molar-refractivity contribution >= 4 is 23.4 Å². The molecule has 1 aliphatic rings. The summed E-state index contributed by atoms with van der Waals surface area (Å²) < 4.78 is 19.8. The number of amides is 1. The molecular weight excluding hydrogens is 415 g/mol. The second-order valence-electron chi connectivity index (χ2n) is 7.88. The third-order valence-electron chi connectivity index (χ3n) is 4.80. The van der Waals surface area contributed by atoms with Gasteiger partial charge in [-0.05, 0) is 37.1 Å². The highest BCUT2D eigenvalue weighted by molar-refractivity contribution is 7.99. The molecule has 31 heavy (non-hydrogen) atoms. The lowest BCUT2D eigenvalue weighted by Crippen LogP contribution is -2.36. The van der Waals surface area contributed by atoms with E-state index >= 15 is 0 Å². The first-order valence-electron chi connectivity index (χ1n) is 10.0. The first kappa shape index (κ1) is 21.2. The SMILES string of the molecule is CC(=O)N1c2ccc(C)cc2-c2nnc(SCC(C)C)nc2O[C@@H]1c1ccc(F)cc1. The van der Waals surface area contributed by atoms with Gasteiger partial charge in [-0.25, -0.2) is 4.39 Å². The average Bonchev–Trinajstić information content (AvgIpc) is 2.86. The van der Waals surface area contributed by atoms with E-state index < -0.39 is 6.23 Å². The van der Waals surface area contributed by atoms with Crippen LogP contribution in [-0.4, -0.2) is 26.8 Å². The van der Waals surface area contributed by atoms with Gasteiger partial charge in [0.15, 0.2) is 5.69 Å². The van der Waals surface area contributed by atoms with Crippen LogP contribution in [0.3, 0.4) is 0 Å². The van der Waals surface area contributed by atoms with E-state index in [0.29, 0.717) is 33.9 Å². The topological polar surface area (TPSA) is 68.2 Å². The van der Waals surface area contributed by atoms with E-state index in [2.05, 4.69) is 29.0 Å². The largest absolute Gasteiger partial charge is 0.447 e. The number of aryl methyl sites for hydroxylation is 1. The van der Waals surface area contributed by atoms with Crippen LogP contribution in [0.2, 0.25) is 0 Å². The summed E-state index contributed by atoms with van der Waals surface area (Å²) in [5, 5.41) is 9.21. The van der Waals surface area contributed by atoms with Crippen molar-refractivity contribution < 1.29 is 13.9 Å². The molecule has 4 rings (SSSR count). The molecule has 1 amide bonds. The van der Waals surface area contributed by atoms with Gasteiger partial charge in [0.25, 0.3) is 0 Å². The number of carbonyl (C=O) groups excluding carboxylic acids is 1. The Morgan fingerprint density at radius 2 is 1.94 bits per heavy atom. The van der Waals surface area contributed by atoms with Crippen molar-refractivity contribution in [3.05, 3.63) is 59.4 Å². The van der Waals surface area contributed by atoms with E-state index in [0.717, 1.165) is 16.9 Å². The fourth-order valence-corrected chi connectivity index (χ4v) is 4.09. The first-order valence-corrected chi connectivity index (χ1v) is 11.0. The van der Waals surface area contributed by atoms with Crippen molar-refractivity contribution in [2.24, 2.45) is 5.92 Å². The highest BCUT2D eigenvalue weighted by Crippen LogP contribution is 2.43. The van der Waals surface area contributed by atoms with Gasteiger partial charge in [0, 0.05) is 23.8 Å². The van der Waals surface area contributed by atoms with Crippen LogP contribution in [0, 0.1) is 18.7 Å². The second kappa shape index (κ2) is 8.63. The lowest BCUT2D eigenvalue weighted by Gasteiger charge is -2.30. The summed E-state index contributed by atoms with van der Waals surface area (Å²) in [5.74, 6) is 1.04. The number of carbonyl (C=O) groups is 1. The molecule has 0 unspecified atom stereocenters. The number of aromatic nitrogens is 3. The molecule has 6 nitrogen and oxygen atoms in total. The number of halogens is 1. The van der Waals surface area contributed by atoms with Crippen LogP contribution in [0.5, 0.6) is 5.88 Å². The molecule has 0 radical (unpaired) electrons. The minimum absolute atomic E-state index is 0.213. The van der Waals surface area contributed by atoms with Gasteiger partial charge >= 0.3 is 0 Å². The second-order valence-corrected chi connectivity index (χ2v) is 8.87. The number of anilines is 1. The van der Waals surface area contributed by atoms with Gasteiger partial charge in [0.2, 0.25) is 23.2 Å². The summed E-state index contributed by atoms with van der Waals surface area (Å²) in [4.78, 5) is 18.9. The molecule has 0 spiro atoms. The van der Waals surface area contributed by atoms with Gasteiger partial charge in [-0.1, -0.05) is 49.4 Å². The molecule has 2 aromatic carbocycles. The number of benzene rings is 2. The van der Waals surface area contributed by atoms with E-state index in [-0.39, 0.29) is 11.7 Å². The molecule has 8 heteroatoms. The van der Waals surface area contributed by atoms with E-state index in [1.54, 1.807) is 17.0 Å². The summed E-state index contributed by atoms with van der Waals surface area (Å²) in [7, 11) is 0. The fourth-order valence-electron chi connectivity index (χ4n) is 3.36. The fraction of sp³-hybridized carbons (Fsp3) is 0.304. The molecule has 0 fully saturated rings. The van der Waals surface area contributed by atoms with Crippen molar-refractivity contribution in [2.75, 3.05) is 10.7 Å². The molecule has 0 saturated carbocycles. The maximum atomic E-state index is 13.6. The Balaban J connectivity index is 1.89. The Hall–Kier alpha value is -3.00. The summed E-state index contributed by atoms with van der Waals surface area (Å²) >= 11 is 1.50. The van der Waals surface area contributed by atoms with Crippen molar-refractivity contribution in [3.63, 3.8) is 0 Å². The zero-order valence-corrected chi connectivity index (χ0v) is 18.6. The van der Waals surface area contributed by atoms with Crippen LogP contribution in [0.1, 0.15) is 38.1 Å². The molecular formula is C23H23FN4O2S. The van der Waals surface area contributed by atoms with Crippen LogP contribution < -0.4 is 9.64 Å². The predicted octanol–water partition coefficient (Wildman–Crippen LogP) is 5.18. The molecule has 3 aromatic rings. The number of fused-ring (bicyclic) bond motifs is 3. The van der Waals surface area contributed by atoms with Crippen LogP contribution in [0.4, 0.5) is 10.1 Å². The lowest BCUT2D eigenvalue weighted by molar-refractivity contribution is -0.118. The predicted molar refractivity (Wildman–Crippen MR) is 118 cm³/mol. The number of ether oxygens (including phenoxy) is 1. The van der Waals surface area contributed by atoms with Gasteiger partial charge < -0.3 is 4.74 Å². The lowest BCUT2D eigenvalue weighted by atomic mass is 10.0. The molecule has 1 aromatic heterocycles. The van der Waals surface area contributed by atoms with Crippen molar-refractivity contribution in [2.45, 2.75) is 39.1 Å². The minimum atomic E-state index is -0.819. The number of nitrogens with zero attached hydrogens (tertiary/aromatic N) is 4. The molecule has 160 valence electrons. The summed E-state index contributed by atoms with van der Waals surface area (Å²) in [6.45, 7) is 7.68. The van der Waals surface area contributed by atoms with E-state index in [9.17, 15) is 9.18 Å². The Labute approximate surface area is 184 Å². The van der Waals surface area contributed by atoms with Gasteiger partial charge in [-0.15, -0.1) is 10.2 Å². The Morgan fingerprint density at radius 1 is 1.19 bits per heavy atom. The van der Waals surface area contributed by atoms with Crippen LogP contribution in [0.15, 0.2) is 47.6 Å². The monoisotopic (exact) mass is 438 g/mol. The number of hydrogen-bond acceptors (Lipinski definition) is 6. The quantitative estimate of drug-likeness (QED) is 0.523. The third-order valence-corrected chi connectivity index (χ3v) is 6.06. The number of rotatable bonds is 4. The summed E-state index contributed by atoms with van der Waals surface area (Å²) in [6.07, 6.45) is -0.819. The van der Waals surface area contributed by atoms with E-state index in [1.807, 2.05) is 25.1 Å². The van der Waals surface area contributed by atoms with E-state index in [1.165, 1.54) is 30.8 Å².